The van der Waals surface area contributed by atoms with E-state index in [0.29, 0.717) is 10.2 Å². The standard InChI is InChI=1S/C10H9NO4S/c1-11-8(13)6(10(14)15-2)7(12)5-3-4-16-9(5)11/h3-4,12H,1-2H3. The molecular formula is C10H9NO4S. The average molecular weight is 239 g/mol. The summed E-state index contributed by atoms with van der Waals surface area (Å²) in [5, 5.41) is 12.1. The maximum Gasteiger partial charge on any atom is 0.347 e. The van der Waals surface area contributed by atoms with E-state index in [-0.39, 0.29) is 11.3 Å². The molecule has 0 fully saturated rings. The van der Waals surface area contributed by atoms with Crippen molar-refractivity contribution in [3.05, 3.63) is 27.4 Å². The third kappa shape index (κ3) is 1.30. The van der Waals surface area contributed by atoms with E-state index in [9.17, 15) is 14.7 Å². The molecule has 0 unspecified atom stereocenters. The number of rotatable bonds is 1. The molecule has 0 bridgehead atoms. The molecule has 1 N–H and O–H groups in total. The largest absolute Gasteiger partial charge is 0.506 e. The molecule has 0 aliphatic carbocycles. The van der Waals surface area contributed by atoms with E-state index in [0.717, 1.165) is 0 Å². The van der Waals surface area contributed by atoms with E-state index >= 15 is 0 Å². The second kappa shape index (κ2) is 3.64. The Hall–Kier alpha value is -1.82. The van der Waals surface area contributed by atoms with Crippen LogP contribution in [0, 0.1) is 0 Å². The van der Waals surface area contributed by atoms with Crippen LogP contribution in [0.15, 0.2) is 16.2 Å². The third-order valence-corrected chi connectivity index (χ3v) is 3.34. The summed E-state index contributed by atoms with van der Waals surface area (Å²) < 4.78 is 5.79. The van der Waals surface area contributed by atoms with Gasteiger partial charge in [0.25, 0.3) is 5.56 Å². The Kier molecular flexibility index (Phi) is 2.43. The summed E-state index contributed by atoms with van der Waals surface area (Å²) in [5.74, 6) is -1.14. The monoisotopic (exact) mass is 239 g/mol. The number of aromatic hydroxyl groups is 1. The van der Waals surface area contributed by atoms with Gasteiger partial charge in [0.1, 0.15) is 10.6 Å². The zero-order chi connectivity index (χ0) is 11.9. The Morgan fingerprint density at radius 3 is 2.88 bits per heavy atom. The highest BCUT2D eigenvalue weighted by Gasteiger charge is 2.21. The third-order valence-electron chi connectivity index (χ3n) is 2.35. The number of ether oxygens (including phenoxy) is 1. The molecule has 2 rings (SSSR count). The van der Waals surface area contributed by atoms with Crippen LogP contribution in [-0.2, 0) is 11.8 Å². The van der Waals surface area contributed by atoms with E-state index < -0.39 is 11.5 Å². The van der Waals surface area contributed by atoms with Crippen molar-refractivity contribution in [2.45, 2.75) is 0 Å². The van der Waals surface area contributed by atoms with Gasteiger partial charge in [-0.15, -0.1) is 11.3 Å². The lowest BCUT2D eigenvalue weighted by molar-refractivity contribution is 0.0595. The number of pyridine rings is 1. The number of carbonyl (C=O) groups excluding carboxylic acids is 1. The van der Waals surface area contributed by atoms with E-state index in [1.165, 1.54) is 23.0 Å². The number of hydrogen-bond acceptors (Lipinski definition) is 5. The maximum absolute atomic E-state index is 11.8. The Labute approximate surface area is 94.5 Å². The summed E-state index contributed by atoms with van der Waals surface area (Å²) in [7, 11) is 2.71. The highest BCUT2D eigenvalue weighted by molar-refractivity contribution is 7.16. The normalized spacial score (nSPS) is 10.6. The lowest BCUT2D eigenvalue weighted by Crippen LogP contribution is -2.24. The Balaban J connectivity index is 2.94. The number of thiophene rings is 1. The molecule has 0 aromatic carbocycles. The van der Waals surface area contributed by atoms with Crippen molar-refractivity contribution < 1.29 is 14.6 Å². The van der Waals surface area contributed by atoms with Gasteiger partial charge in [0.15, 0.2) is 5.56 Å². The molecule has 2 aromatic rings. The Morgan fingerprint density at radius 2 is 2.25 bits per heavy atom. The second-order valence-electron chi connectivity index (χ2n) is 3.22. The van der Waals surface area contributed by atoms with Crippen molar-refractivity contribution in [1.29, 1.82) is 0 Å². The van der Waals surface area contributed by atoms with Gasteiger partial charge in [-0.25, -0.2) is 4.79 Å². The number of fused-ring (bicyclic) bond motifs is 1. The molecule has 6 heteroatoms. The van der Waals surface area contributed by atoms with Crippen molar-refractivity contribution in [1.82, 2.24) is 4.57 Å². The van der Waals surface area contributed by atoms with Crippen LogP contribution in [0.5, 0.6) is 5.75 Å². The number of hydrogen-bond donors (Lipinski definition) is 1. The van der Waals surface area contributed by atoms with Crippen molar-refractivity contribution >= 4 is 27.5 Å². The van der Waals surface area contributed by atoms with E-state index in [1.54, 1.807) is 18.5 Å². The first-order valence-corrected chi connectivity index (χ1v) is 5.33. The molecule has 2 heterocycles. The minimum atomic E-state index is -0.828. The number of esters is 1. The highest BCUT2D eigenvalue weighted by Crippen LogP contribution is 2.29. The quantitative estimate of drug-likeness (QED) is 0.756. The van der Waals surface area contributed by atoms with E-state index in [2.05, 4.69) is 4.74 Å². The van der Waals surface area contributed by atoms with Gasteiger partial charge in [-0.3, -0.25) is 4.79 Å². The molecule has 84 valence electrons. The summed E-state index contributed by atoms with van der Waals surface area (Å²) in [5.41, 5.74) is -0.879. The molecule has 2 aromatic heterocycles. The fourth-order valence-corrected chi connectivity index (χ4v) is 2.39. The maximum atomic E-state index is 11.8. The van der Waals surface area contributed by atoms with Gasteiger partial charge in [0.05, 0.1) is 12.5 Å². The lowest BCUT2D eigenvalue weighted by Gasteiger charge is -2.06. The molecule has 16 heavy (non-hydrogen) atoms. The van der Waals surface area contributed by atoms with Gasteiger partial charge in [0.2, 0.25) is 0 Å². The van der Waals surface area contributed by atoms with Crippen molar-refractivity contribution in [3.8, 4) is 5.75 Å². The van der Waals surface area contributed by atoms with E-state index in [1.807, 2.05) is 0 Å². The molecule has 0 aliphatic heterocycles. The number of carbonyl (C=O) groups is 1. The predicted octanol–water partition coefficient (Wildman–Crippen LogP) is 1.09. The molecule has 0 saturated heterocycles. The topological polar surface area (TPSA) is 68.5 Å². The second-order valence-corrected chi connectivity index (χ2v) is 4.11. The number of methoxy groups -OCH3 is 1. The molecular weight excluding hydrogens is 230 g/mol. The van der Waals surface area contributed by atoms with Crippen LogP contribution >= 0.6 is 11.3 Å². The molecule has 0 spiro atoms. The summed E-state index contributed by atoms with van der Waals surface area (Å²) in [6, 6.07) is 1.65. The summed E-state index contributed by atoms with van der Waals surface area (Å²) in [4.78, 5) is 23.8. The summed E-state index contributed by atoms with van der Waals surface area (Å²) in [6.07, 6.45) is 0. The van der Waals surface area contributed by atoms with Crippen LogP contribution in [0.1, 0.15) is 10.4 Å². The fourth-order valence-electron chi connectivity index (χ4n) is 1.52. The first kappa shape index (κ1) is 10.7. The van der Waals surface area contributed by atoms with Crippen LogP contribution < -0.4 is 5.56 Å². The van der Waals surface area contributed by atoms with Crippen LogP contribution in [0.25, 0.3) is 10.2 Å². The van der Waals surface area contributed by atoms with Crippen molar-refractivity contribution in [2.24, 2.45) is 7.05 Å². The molecule has 0 saturated carbocycles. The first-order valence-electron chi connectivity index (χ1n) is 4.45. The lowest BCUT2D eigenvalue weighted by atomic mass is 10.2. The average Bonchev–Trinajstić information content (AvgIpc) is 2.75. The number of nitrogens with zero attached hydrogens (tertiary/aromatic N) is 1. The van der Waals surface area contributed by atoms with Gasteiger partial charge in [-0.1, -0.05) is 0 Å². The van der Waals surface area contributed by atoms with Crippen LogP contribution in [0.4, 0.5) is 0 Å². The number of aryl methyl sites for hydroxylation is 1. The molecule has 0 radical (unpaired) electrons. The van der Waals surface area contributed by atoms with Gasteiger partial charge in [0, 0.05) is 7.05 Å². The zero-order valence-corrected chi connectivity index (χ0v) is 9.50. The highest BCUT2D eigenvalue weighted by atomic mass is 32.1. The van der Waals surface area contributed by atoms with E-state index in [4.69, 9.17) is 0 Å². The minimum absolute atomic E-state index is 0.314. The van der Waals surface area contributed by atoms with Crippen LogP contribution in [0.3, 0.4) is 0 Å². The Bertz CT molecular complexity index is 626. The first-order chi connectivity index (χ1) is 7.57. The van der Waals surface area contributed by atoms with Crippen LogP contribution in [-0.4, -0.2) is 22.8 Å². The van der Waals surface area contributed by atoms with Gasteiger partial charge < -0.3 is 14.4 Å². The van der Waals surface area contributed by atoms with Gasteiger partial charge in [-0.2, -0.15) is 0 Å². The van der Waals surface area contributed by atoms with Gasteiger partial charge >= 0.3 is 5.97 Å². The van der Waals surface area contributed by atoms with Gasteiger partial charge in [-0.05, 0) is 11.4 Å². The Morgan fingerprint density at radius 1 is 1.56 bits per heavy atom. The predicted molar refractivity (Wildman–Crippen MR) is 60.1 cm³/mol. The van der Waals surface area contributed by atoms with Crippen LogP contribution in [0.2, 0.25) is 0 Å². The fraction of sp³-hybridized carbons (Fsp3) is 0.200. The van der Waals surface area contributed by atoms with Crippen molar-refractivity contribution in [3.63, 3.8) is 0 Å². The zero-order valence-electron chi connectivity index (χ0n) is 8.68. The molecule has 0 aliphatic rings. The minimum Gasteiger partial charge on any atom is -0.506 e. The molecule has 0 amide bonds. The number of aromatic nitrogens is 1. The smallest absolute Gasteiger partial charge is 0.347 e. The SMILES string of the molecule is COC(=O)c1c(O)c2ccsc2n(C)c1=O. The van der Waals surface area contributed by atoms with Crippen molar-refractivity contribution in [2.75, 3.05) is 7.11 Å². The summed E-state index contributed by atoms with van der Waals surface area (Å²) in [6.45, 7) is 0. The summed E-state index contributed by atoms with van der Waals surface area (Å²) >= 11 is 1.32. The molecule has 5 nitrogen and oxygen atoms in total. The molecule has 0 atom stereocenters.